The van der Waals surface area contributed by atoms with Crippen molar-refractivity contribution in [2.75, 3.05) is 19.4 Å². The van der Waals surface area contributed by atoms with Crippen molar-refractivity contribution in [1.29, 1.82) is 0 Å². The molecule has 0 aliphatic heterocycles. The molecule has 0 saturated heterocycles. The van der Waals surface area contributed by atoms with E-state index in [9.17, 15) is 23.1 Å². The topological polar surface area (TPSA) is 122 Å². The number of hydrogen-bond acceptors (Lipinski definition) is 6. The number of sulfone groups is 1. The van der Waals surface area contributed by atoms with Gasteiger partial charge in [-0.3, -0.25) is 9.59 Å². The van der Waals surface area contributed by atoms with Gasteiger partial charge in [-0.05, 0) is 55.2 Å². The Kier molecular flexibility index (Phi) is 8.32. The van der Waals surface area contributed by atoms with Gasteiger partial charge in [0.05, 0.1) is 17.6 Å². The number of amides is 2. The fraction of sp³-hybridized carbons (Fsp3) is 0.417. The molecule has 1 fully saturated rings. The highest BCUT2D eigenvalue weighted by Gasteiger charge is 2.22. The van der Waals surface area contributed by atoms with Gasteiger partial charge in [0.2, 0.25) is 5.91 Å². The molecule has 8 nitrogen and oxygen atoms in total. The molecule has 33 heavy (non-hydrogen) atoms. The maximum Gasteiger partial charge on any atom is 0.255 e. The van der Waals surface area contributed by atoms with Crippen LogP contribution in [0.4, 0.5) is 0 Å². The summed E-state index contributed by atoms with van der Waals surface area (Å²) in [6.07, 6.45) is 5.55. The number of ether oxygens (including phenoxy) is 1. The SMILES string of the molecule is COc1ccc(O)cc1C(=O)NCCc1ccc(S(=O)(=O)CC(=O)NC2CCCCC2)cc1. The summed E-state index contributed by atoms with van der Waals surface area (Å²) < 4.78 is 30.3. The highest BCUT2D eigenvalue weighted by atomic mass is 32.2. The summed E-state index contributed by atoms with van der Waals surface area (Å²) >= 11 is 0. The smallest absolute Gasteiger partial charge is 0.255 e. The van der Waals surface area contributed by atoms with E-state index in [-0.39, 0.29) is 28.2 Å². The zero-order valence-electron chi connectivity index (χ0n) is 18.7. The summed E-state index contributed by atoms with van der Waals surface area (Å²) in [6.45, 7) is 0.313. The Bertz CT molecular complexity index is 1080. The van der Waals surface area contributed by atoms with Crippen LogP contribution in [0.25, 0.3) is 0 Å². The lowest BCUT2D eigenvalue weighted by Crippen LogP contribution is -2.39. The molecule has 178 valence electrons. The number of benzene rings is 2. The van der Waals surface area contributed by atoms with E-state index in [1.165, 1.54) is 37.4 Å². The minimum Gasteiger partial charge on any atom is -0.508 e. The first-order chi connectivity index (χ1) is 15.8. The van der Waals surface area contributed by atoms with Crippen LogP contribution in [-0.2, 0) is 21.1 Å². The van der Waals surface area contributed by atoms with Gasteiger partial charge in [0, 0.05) is 12.6 Å². The third-order valence-electron chi connectivity index (χ3n) is 5.70. The number of aromatic hydroxyl groups is 1. The van der Waals surface area contributed by atoms with Gasteiger partial charge >= 0.3 is 0 Å². The van der Waals surface area contributed by atoms with Crippen LogP contribution < -0.4 is 15.4 Å². The van der Waals surface area contributed by atoms with Gasteiger partial charge in [0.15, 0.2) is 9.84 Å². The zero-order chi connectivity index (χ0) is 23.8. The molecule has 0 aromatic heterocycles. The Hall–Kier alpha value is -3.07. The number of hydrogen-bond donors (Lipinski definition) is 3. The summed E-state index contributed by atoms with van der Waals surface area (Å²) in [5, 5.41) is 15.2. The molecule has 0 radical (unpaired) electrons. The zero-order valence-corrected chi connectivity index (χ0v) is 19.5. The molecular formula is C24H30N2O6S. The predicted molar refractivity (Wildman–Crippen MR) is 124 cm³/mol. The average Bonchev–Trinajstić information content (AvgIpc) is 2.79. The van der Waals surface area contributed by atoms with Crippen LogP contribution in [-0.4, -0.2) is 50.8 Å². The minimum absolute atomic E-state index is 0.0369. The largest absolute Gasteiger partial charge is 0.508 e. The average molecular weight is 475 g/mol. The van der Waals surface area contributed by atoms with Crippen molar-refractivity contribution >= 4 is 21.7 Å². The summed E-state index contributed by atoms with van der Waals surface area (Å²) in [4.78, 5) is 24.7. The van der Waals surface area contributed by atoms with Gasteiger partial charge in [0.1, 0.15) is 17.3 Å². The standard InChI is InChI=1S/C24H30N2O6S/c1-32-22-12-9-19(27)15-21(22)24(29)25-14-13-17-7-10-20(11-8-17)33(30,31)16-23(28)26-18-5-3-2-4-6-18/h7-12,15,18,27H,2-6,13-14,16H2,1H3,(H,25,29)(H,26,28). The number of phenols is 1. The Balaban J connectivity index is 1.51. The first-order valence-electron chi connectivity index (χ1n) is 11.0. The third kappa shape index (κ3) is 6.95. The highest BCUT2D eigenvalue weighted by Crippen LogP contribution is 2.23. The van der Waals surface area contributed by atoms with Crippen molar-refractivity contribution in [3.8, 4) is 11.5 Å². The van der Waals surface area contributed by atoms with E-state index in [0.717, 1.165) is 37.7 Å². The molecule has 0 bridgehead atoms. The van der Waals surface area contributed by atoms with Crippen molar-refractivity contribution in [3.05, 3.63) is 53.6 Å². The van der Waals surface area contributed by atoms with Crippen molar-refractivity contribution in [2.45, 2.75) is 49.5 Å². The van der Waals surface area contributed by atoms with Crippen LogP contribution in [0.1, 0.15) is 48.0 Å². The van der Waals surface area contributed by atoms with Gasteiger partial charge in [-0.25, -0.2) is 8.42 Å². The Morgan fingerprint density at radius 2 is 1.76 bits per heavy atom. The number of carbonyl (C=O) groups excluding carboxylic acids is 2. The summed E-state index contributed by atoms with van der Waals surface area (Å²) in [5.41, 5.74) is 1.06. The molecule has 1 saturated carbocycles. The lowest BCUT2D eigenvalue weighted by Gasteiger charge is -2.22. The molecule has 1 aliphatic rings. The van der Waals surface area contributed by atoms with E-state index in [1.54, 1.807) is 12.1 Å². The van der Waals surface area contributed by atoms with E-state index in [0.29, 0.717) is 18.7 Å². The second kappa shape index (κ2) is 11.2. The van der Waals surface area contributed by atoms with E-state index in [4.69, 9.17) is 4.74 Å². The predicted octanol–water partition coefficient (Wildman–Crippen LogP) is 2.60. The monoisotopic (exact) mass is 474 g/mol. The Labute approximate surface area is 194 Å². The summed E-state index contributed by atoms with van der Waals surface area (Å²) in [6, 6.07) is 10.7. The van der Waals surface area contributed by atoms with Crippen LogP contribution in [0.2, 0.25) is 0 Å². The van der Waals surface area contributed by atoms with Crippen molar-refractivity contribution in [2.24, 2.45) is 0 Å². The number of methoxy groups -OCH3 is 1. The third-order valence-corrected chi connectivity index (χ3v) is 7.33. The number of carbonyl (C=O) groups is 2. The number of nitrogens with one attached hydrogen (secondary N) is 2. The molecule has 3 N–H and O–H groups in total. The maximum atomic E-state index is 12.6. The molecule has 2 aromatic rings. The van der Waals surface area contributed by atoms with E-state index in [2.05, 4.69) is 10.6 Å². The van der Waals surface area contributed by atoms with E-state index < -0.39 is 21.5 Å². The van der Waals surface area contributed by atoms with Crippen LogP contribution in [0, 0.1) is 0 Å². The van der Waals surface area contributed by atoms with Crippen LogP contribution in [0.15, 0.2) is 47.4 Å². The van der Waals surface area contributed by atoms with Gasteiger partial charge in [-0.15, -0.1) is 0 Å². The molecule has 3 rings (SSSR count). The van der Waals surface area contributed by atoms with Gasteiger partial charge in [-0.1, -0.05) is 31.4 Å². The Morgan fingerprint density at radius 3 is 2.42 bits per heavy atom. The molecular weight excluding hydrogens is 444 g/mol. The maximum absolute atomic E-state index is 12.6. The van der Waals surface area contributed by atoms with Crippen molar-refractivity contribution < 1.29 is 27.9 Å². The molecule has 9 heteroatoms. The molecule has 1 aliphatic carbocycles. The second-order valence-electron chi connectivity index (χ2n) is 8.20. The summed E-state index contributed by atoms with van der Waals surface area (Å²) in [7, 11) is -2.29. The second-order valence-corrected chi connectivity index (χ2v) is 10.2. The van der Waals surface area contributed by atoms with Crippen molar-refractivity contribution in [1.82, 2.24) is 10.6 Å². The minimum atomic E-state index is -3.73. The van der Waals surface area contributed by atoms with Crippen LogP contribution >= 0.6 is 0 Å². The van der Waals surface area contributed by atoms with Gasteiger partial charge < -0.3 is 20.5 Å². The number of rotatable bonds is 9. The van der Waals surface area contributed by atoms with Gasteiger partial charge in [0.25, 0.3) is 5.91 Å². The molecule has 0 unspecified atom stereocenters. The molecule has 2 aromatic carbocycles. The Morgan fingerprint density at radius 1 is 1.06 bits per heavy atom. The van der Waals surface area contributed by atoms with Crippen molar-refractivity contribution in [3.63, 3.8) is 0 Å². The van der Waals surface area contributed by atoms with Crippen LogP contribution in [0.5, 0.6) is 11.5 Å². The van der Waals surface area contributed by atoms with E-state index in [1.807, 2.05) is 0 Å². The molecule has 2 amide bonds. The van der Waals surface area contributed by atoms with Gasteiger partial charge in [-0.2, -0.15) is 0 Å². The molecule has 0 spiro atoms. The fourth-order valence-electron chi connectivity index (χ4n) is 3.92. The van der Waals surface area contributed by atoms with E-state index >= 15 is 0 Å². The first kappa shape index (κ1) is 24.6. The quantitative estimate of drug-likeness (QED) is 0.514. The fourth-order valence-corrected chi connectivity index (χ4v) is 5.07. The van der Waals surface area contributed by atoms with Crippen LogP contribution in [0.3, 0.4) is 0 Å². The first-order valence-corrected chi connectivity index (χ1v) is 12.7. The molecule has 0 atom stereocenters. The normalized spacial score (nSPS) is 14.5. The lowest BCUT2D eigenvalue weighted by atomic mass is 9.95. The lowest BCUT2D eigenvalue weighted by molar-refractivity contribution is -0.119. The highest BCUT2D eigenvalue weighted by molar-refractivity contribution is 7.92. The summed E-state index contributed by atoms with van der Waals surface area (Å²) in [5.74, 6) is -1.09. The number of phenolic OH excluding ortho intramolecular Hbond substituents is 1. The molecule has 0 heterocycles.